The molecule has 0 amide bonds. The molecule has 0 fully saturated rings. The van der Waals surface area contributed by atoms with Gasteiger partial charge in [-0.15, -0.1) is 0 Å². The van der Waals surface area contributed by atoms with E-state index in [2.05, 4.69) is 10.3 Å². The molecular weight excluding hydrogens is 207 g/mol. The molecule has 1 aromatic heterocycles. The van der Waals surface area contributed by atoms with E-state index in [4.69, 9.17) is 4.74 Å². The van der Waals surface area contributed by atoms with Crippen LogP contribution in [0.25, 0.3) is 0 Å². The molecule has 0 bridgehead atoms. The zero-order valence-corrected chi connectivity index (χ0v) is 8.77. The molecule has 0 aliphatic heterocycles. The predicted octanol–water partition coefficient (Wildman–Crippen LogP) is 2.97. The number of rotatable bonds is 3. The Morgan fingerprint density at radius 3 is 2.81 bits per heavy atom. The van der Waals surface area contributed by atoms with Crippen LogP contribution in [0, 0.1) is 5.82 Å². The average molecular weight is 218 g/mol. The molecule has 1 N–H and O–H groups in total. The van der Waals surface area contributed by atoms with Gasteiger partial charge in [0.1, 0.15) is 17.4 Å². The molecule has 4 heteroatoms. The fourth-order valence-corrected chi connectivity index (χ4v) is 1.35. The minimum Gasteiger partial charge on any atom is -0.495 e. The standard InChI is InChI=1S/C12H11FN2O/c1-16-11-6-5-9(13)8-10(11)15-12-4-2-3-7-14-12/h2-8H,1H3,(H,14,15). The van der Waals surface area contributed by atoms with Gasteiger partial charge in [0.2, 0.25) is 0 Å². The van der Waals surface area contributed by atoms with Crippen molar-refractivity contribution in [3.63, 3.8) is 0 Å². The van der Waals surface area contributed by atoms with Crippen LogP contribution < -0.4 is 10.1 Å². The van der Waals surface area contributed by atoms with Crippen molar-refractivity contribution in [1.82, 2.24) is 4.98 Å². The molecule has 0 aliphatic rings. The summed E-state index contributed by atoms with van der Waals surface area (Å²) in [6.45, 7) is 0. The monoisotopic (exact) mass is 218 g/mol. The second-order valence-corrected chi connectivity index (χ2v) is 3.18. The number of nitrogens with zero attached hydrogens (tertiary/aromatic N) is 1. The third kappa shape index (κ3) is 2.28. The summed E-state index contributed by atoms with van der Waals surface area (Å²) < 4.78 is 18.2. The number of benzene rings is 1. The fraction of sp³-hybridized carbons (Fsp3) is 0.0833. The molecule has 0 saturated heterocycles. The lowest BCUT2D eigenvalue weighted by Crippen LogP contribution is -1.96. The van der Waals surface area contributed by atoms with Crippen molar-refractivity contribution < 1.29 is 9.13 Å². The van der Waals surface area contributed by atoms with E-state index >= 15 is 0 Å². The van der Waals surface area contributed by atoms with Crippen LogP contribution in [0.5, 0.6) is 5.75 Å². The molecule has 2 rings (SSSR count). The van der Waals surface area contributed by atoms with Crippen LogP contribution >= 0.6 is 0 Å². The summed E-state index contributed by atoms with van der Waals surface area (Å²) in [5.41, 5.74) is 0.557. The topological polar surface area (TPSA) is 34.1 Å². The quantitative estimate of drug-likeness (QED) is 0.859. The lowest BCUT2D eigenvalue weighted by atomic mass is 10.3. The first-order chi connectivity index (χ1) is 7.79. The SMILES string of the molecule is COc1ccc(F)cc1Nc1ccccn1. The van der Waals surface area contributed by atoms with E-state index in [-0.39, 0.29) is 5.82 Å². The Kier molecular flexibility index (Phi) is 3.00. The molecule has 0 atom stereocenters. The molecular formula is C12H11FN2O. The Labute approximate surface area is 92.9 Å². The molecule has 0 spiro atoms. The molecule has 3 nitrogen and oxygen atoms in total. The molecule has 2 aromatic rings. The van der Waals surface area contributed by atoms with Crippen molar-refractivity contribution >= 4 is 11.5 Å². The van der Waals surface area contributed by atoms with Gasteiger partial charge in [0.15, 0.2) is 0 Å². The number of halogens is 1. The van der Waals surface area contributed by atoms with Gasteiger partial charge in [-0.25, -0.2) is 9.37 Å². The summed E-state index contributed by atoms with van der Waals surface area (Å²) >= 11 is 0. The van der Waals surface area contributed by atoms with E-state index < -0.39 is 0 Å². The summed E-state index contributed by atoms with van der Waals surface area (Å²) in [4.78, 5) is 4.09. The van der Waals surface area contributed by atoms with Crippen LogP contribution in [0.1, 0.15) is 0 Å². The Hall–Kier alpha value is -2.10. The number of aromatic nitrogens is 1. The Bertz CT molecular complexity index is 474. The number of hydrogen-bond donors (Lipinski definition) is 1. The first kappa shape index (κ1) is 10.4. The molecule has 0 aliphatic carbocycles. The van der Waals surface area contributed by atoms with Crippen molar-refractivity contribution in [1.29, 1.82) is 0 Å². The van der Waals surface area contributed by atoms with Crippen molar-refractivity contribution in [2.75, 3.05) is 12.4 Å². The first-order valence-corrected chi connectivity index (χ1v) is 4.81. The summed E-state index contributed by atoms with van der Waals surface area (Å²) in [7, 11) is 1.54. The van der Waals surface area contributed by atoms with Crippen molar-refractivity contribution in [2.45, 2.75) is 0 Å². The van der Waals surface area contributed by atoms with Crippen LogP contribution in [-0.2, 0) is 0 Å². The number of methoxy groups -OCH3 is 1. The second-order valence-electron chi connectivity index (χ2n) is 3.18. The van der Waals surface area contributed by atoms with Crippen molar-refractivity contribution in [2.24, 2.45) is 0 Å². The van der Waals surface area contributed by atoms with Gasteiger partial charge in [-0.1, -0.05) is 6.07 Å². The Morgan fingerprint density at radius 1 is 1.25 bits per heavy atom. The molecule has 0 radical (unpaired) electrons. The van der Waals surface area contributed by atoms with E-state index in [0.29, 0.717) is 17.3 Å². The lowest BCUT2D eigenvalue weighted by Gasteiger charge is -2.10. The third-order valence-corrected chi connectivity index (χ3v) is 2.09. The zero-order chi connectivity index (χ0) is 11.4. The van der Waals surface area contributed by atoms with Gasteiger partial charge in [0.05, 0.1) is 12.8 Å². The maximum atomic E-state index is 13.1. The highest BCUT2D eigenvalue weighted by molar-refractivity contribution is 5.63. The normalized spacial score (nSPS) is 9.88. The van der Waals surface area contributed by atoms with Crippen LogP contribution in [0.2, 0.25) is 0 Å². The smallest absolute Gasteiger partial charge is 0.142 e. The number of anilines is 2. The third-order valence-electron chi connectivity index (χ3n) is 2.09. The van der Waals surface area contributed by atoms with Gasteiger partial charge in [-0.3, -0.25) is 0 Å². The van der Waals surface area contributed by atoms with Crippen LogP contribution in [0.3, 0.4) is 0 Å². The summed E-state index contributed by atoms with van der Waals surface area (Å²) in [5, 5.41) is 2.99. The van der Waals surface area contributed by atoms with Gasteiger partial charge in [0, 0.05) is 12.3 Å². The molecule has 0 unspecified atom stereocenters. The number of ether oxygens (including phenoxy) is 1. The minimum absolute atomic E-state index is 0.320. The zero-order valence-electron chi connectivity index (χ0n) is 8.77. The van der Waals surface area contributed by atoms with E-state index in [1.807, 2.05) is 12.1 Å². The maximum absolute atomic E-state index is 13.1. The molecule has 1 aromatic carbocycles. The lowest BCUT2D eigenvalue weighted by molar-refractivity contribution is 0.416. The van der Waals surface area contributed by atoms with Gasteiger partial charge < -0.3 is 10.1 Å². The van der Waals surface area contributed by atoms with E-state index in [1.165, 1.54) is 19.2 Å². The highest BCUT2D eigenvalue weighted by Gasteiger charge is 2.04. The number of pyridine rings is 1. The molecule has 1 heterocycles. The maximum Gasteiger partial charge on any atom is 0.142 e. The summed E-state index contributed by atoms with van der Waals surface area (Å²) in [5.74, 6) is 0.901. The van der Waals surface area contributed by atoms with Crippen LogP contribution in [0.4, 0.5) is 15.9 Å². The second kappa shape index (κ2) is 4.61. The van der Waals surface area contributed by atoms with Crippen molar-refractivity contribution in [3.05, 3.63) is 48.4 Å². The van der Waals surface area contributed by atoms with Crippen LogP contribution in [-0.4, -0.2) is 12.1 Å². The Morgan fingerprint density at radius 2 is 2.12 bits per heavy atom. The molecule has 0 saturated carbocycles. The average Bonchev–Trinajstić information content (AvgIpc) is 2.31. The van der Waals surface area contributed by atoms with Gasteiger partial charge >= 0.3 is 0 Å². The van der Waals surface area contributed by atoms with Gasteiger partial charge in [-0.05, 0) is 24.3 Å². The molecule has 82 valence electrons. The summed E-state index contributed by atoms with van der Waals surface area (Å²) in [6, 6.07) is 9.75. The minimum atomic E-state index is -0.320. The van der Waals surface area contributed by atoms with E-state index in [1.54, 1.807) is 18.3 Å². The number of hydrogen-bond acceptors (Lipinski definition) is 3. The highest BCUT2D eigenvalue weighted by Crippen LogP contribution is 2.27. The van der Waals surface area contributed by atoms with Crippen molar-refractivity contribution in [3.8, 4) is 5.75 Å². The van der Waals surface area contributed by atoms with E-state index in [0.717, 1.165) is 0 Å². The highest BCUT2D eigenvalue weighted by atomic mass is 19.1. The van der Waals surface area contributed by atoms with Crippen LogP contribution in [0.15, 0.2) is 42.6 Å². The number of nitrogens with one attached hydrogen (secondary N) is 1. The first-order valence-electron chi connectivity index (χ1n) is 4.81. The summed E-state index contributed by atoms with van der Waals surface area (Å²) in [6.07, 6.45) is 1.66. The largest absolute Gasteiger partial charge is 0.495 e. The molecule has 16 heavy (non-hydrogen) atoms. The van der Waals surface area contributed by atoms with Gasteiger partial charge in [0.25, 0.3) is 0 Å². The Balaban J connectivity index is 2.30. The predicted molar refractivity (Wildman–Crippen MR) is 60.5 cm³/mol. The van der Waals surface area contributed by atoms with Gasteiger partial charge in [-0.2, -0.15) is 0 Å². The fourth-order valence-electron chi connectivity index (χ4n) is 1.35. The van der Waals surface area contributed by atoms with E-state index in [9.17, 15) is 4.39 Å².